The average molecular weight is 417 g/mol. The number of hydrogen-bond acceptors (Lipinski definition) is 5. The topological polar surface area (TPSA) is 101 Å². The van der Waals surface area contributed by atoms with Gasteiger partial charge in [-0.1, -0.05) is 17.3 Å². The van der Waals surface area contributed by atoms with Crippen molar-refractivity contribution in [1.29, 1.82) is 0 Å². The molecule has 0 saturated heterocycles. The first-order valence-electron chi connectivity index (χ1n) is 8.85. The zero-order chi connectivity index (χ0) is 21.0. The van der Waals surface area contributed by atoms with Gasteiger partial charge in [-0.25, -0.2) is 12.8 Å². The first kappa shape index (κ1) is 20.5. The third-order valence-corrected chi connectivity index (χ3v) is 5.73. The molecule has 3 aromatic rings. The monoisotopic (exact) mass is 417 g/mol. The molecule has 0 atom stereocenters. The number of sulfonamides is 1. The Balaban J connectivity index is 1.71. The fraction of sp³-hybridized carbons (Fsp3) is 0.200. The van der Waals surface area contributed by atoms with Crippen molar-refractivity contribution in [2.24, 2.45) is 0 Å². The van der Waals surface area contributed by atoms with Crippen molar-refractivity contribution in [2.45, 2.75) is 31.6 Å². The van der Waals surface area contributed by atoms with Crippen LogP contribution in [0, 0.1) is 19.7 Å². The predicted molar refractivity (Wildman–Crippen MR) is 107 cm³/mol. The fourth-order valence-electron chi connectivity index (χ4n) is 2.81. The lowest BCUT2D eigenvalue weighted by atomic mass is 10.1. The number of hydrogen-bond donors (Lipinski definition) is 2. The second-order valence-electron chi connectivity index (χ2n) is 6.46. The van der Waals surface area contributed by atoms with Crippen molar-refractivity contribution < 1.29 is 22.1 Å². The largest absolute Gasteiger partial charge is 0.361 e. The maximum absolute atomic E-state index is 13.1. The number of rotatable bonds is 7. The zero-order valence-electron chi connectivity index (χ0n) is 15.9. The molecule has 1 aromatic heterocycles. The molecule has 0 fully saturated rings. The van der Waals surface area contributed by atoms with Crippen LogP contribution in [0.5, 0.6) is 0 Å². The van der Waals surface area contributed by atoms with E-state index in [0.717, 1.165) is 23.4 Å². The van der Waals surface area contributed by atoms with Crippen LogP contribution in [0.25, 0.3) is 0 Å². The Morgan fingerprint density at radius 2 is 1.72 bits per heavy atom. The second-order valence-corrected chi connectivity index (χ2v) is 8.14. The molecule has 1 amide bonds. The minimum absolute atomic E-state index is 0.0848. The number of nitrogens with zero attached hydrogens (tertiary/aromatic N) is 1. The van der Waals surface area contributed by atoms with Gasteiger partial charge in [0.05, 0.1) is 22.0 Å². The lowest BCUT2D eigenvalue weighted by Gasteiger charge is -2.13. The molecule has 0 unspecified atom stereocenters. The second kappa shape index (κ2) is 8.44. The predicted octanol–water partition coefficient (Wildman–Crippen LogP) is 3.80. The lowest BCUT2D eigenvalue weighted by Crippen LogP contribution is -2.17. The summed E-state index contributed by atoms with van der Waals surface area (Å²) in [5, 5.41) is 6.58. The van der Waals surface area contributed by atoms with Gasteiger partial charge in [0.2, 0.25) is 5.91 Å². The molecule has 152 valence electrons. The number of carbonyl (C=O) groups excluding carboxylic acids is 1. The minimum Gasteiger partial charge on any atom is -0.361 e. The van der Waals surface area contributed by atoms with E-state index in [2.05, 4.69) is 15.2 Å². The summed E-state index contributed by atoms with van der Waals surface area (Å²) in [6.45, 7) is 3.59. The quantitative estimate of drug-likeness (QED) is 0.609. The molecule has 1 heterocycles. The van der Waals surface area contributed by atoms with Gasteiger partial charge in [-0.15, -0.1) is 0 Å². The molecule has 0 radical (unpaired) electrons. The third-order valence-electron chi connectivity index (χ3n) is 4.35. The van der Waals surface area contributed by atoms with Crippen LogP contribution in [0.2, 0.25) is 0 Å². The Kier molecular flexibility index (Phi) is 5.97. The summed E-state index contributed by atoms with van der Waals surface area (Å²) < 4.78 is 45.7. The molecule has 0 bridgehead atoms. The van der Waals surface area contributed by atoms with Crippen molar-refractivity contribution in [2.75, 3.05) is 10.0 Å². The summed E-state index contributed by atoms with van der Waals surface area (Å²) in [4.78, 5) is 12.3. The number of aromatic nitrogens is 1. The number of halogens is 1. The van der Waals surface area contributed by atoms with Crippen LogP contribution in [-0.4, -0.2) is 19.5 Å². The zero-order valence-corrected chi connectivity index (χ0v) is 16.7. The SMILES string of the molecule is Cc1noc(C)c1CCC(=O)Nc1ccccc1NS(=O)(=O)c1ccc(F)cc1. The highest BCUT2D eigenvalue weighted by Crippen LogP contribution is 2.25. The highest BCUT2D eigenvalue weighted by Gasteiger charge is 2.17. The lowest BCUT2D eigenvalue weighted by molar-refractivity contribution is -0.116. The summed E-state index contributed by atoms with van der Waals surface area (Å²) in [5.74, 6) is -0.143. The molecular formula is C20H20FN3O4S. The first-order chi connectivity index (χ1) is 13.8. The molecule has 7 nitrogen and oxygen atoms in total. The molecule has 29 heavy (non-hydrogen) atoms. The Hall–Kier alpha value is -3.20. The van der Waals surface area contributed by atoms with Gasteiger partial charge in [-0.3, -0.25) is 9.52 Å². The summed E-state index contributed by atoms with van der Waals surface area (Å²) in [7, 11) is -3.94. The highest BCUT2D eigenvalue weighted by molar-refractivity contribution is 7.92. The van der Waals surface area contributed by atoms with E-state index in [9.17, 15) is 17.6 Å². The Morgan fingerprint density at radius 3 is 2.34 bits per heavy atom. The van der Waals surface area contributed by atoms with Gasteiger partial charge in [0, 0.05) is 12.0 Å². The van der Waals surface area contributed by atoms with E-state index in [1.165, 1.54) is 18.2 Å². The highest BCUT2D eigenvalue weighted by atomic mass is 32.2. The summed E-state index contributed by atoms with van der Waals surface area (Å²) >= 11 is 0. The number of carbonyl (C=O) groups is 1. The van der Waals surface area contributed by atoms with Crippen LogP contribution in [0.3, 0.4) is 0 Å². The smallest absolute Gasteiger partial charge is 0.261 e. The summed E-state index contributed by atoms with van der Waals surface area (Å²) in [6, 6.07) is 10.9. The van der Waals surface area contributed by atoms with Crippen LogP contribution < -0.4 is 10.0 Å². The van der Waals surface area contributed by atoms with E-state index in [-0.39, 0.29) is 22.9 Å². The molecule has 0 spiro atoms. The number of para-hydroxylation sites is 2. The van der Waals surface area contributed by atoms with Crippen molar-refractivity contribution >= 4 is 27.3 Å². The van der Waals surface area contributed by atoms with Gasteiger partial charge in [0.15, 0.2) is 0 Å². The number of aryl methyl sites for hydroxylation is 2. The molecule has 2 N–H and O–H groups in total. The number of amides is 1. The van der Waals surface area contributed by atoms with E-state index < -0.39 is 15.8 Å². The average Bonchev–Trinajstić information content (AvgIpc) is 2.99. The number of benzene rings is 2. The van der Waals surface area contributed by atoms with Crippen LogP contribution in [0.4, 0.5) is 15.8 Å². The molecule has 3 rings (SSSR count). The number of anilines is 2. The van der Waals surface area contributed by atoms with Crippen molar-refractivity contribution in [3.8, 4) is 0 Å². The molecule has 2 aromatic carbocycles. The maximum Gasteiger partial charge on any atom is 0.261 e. The summed E-state index contributed by atoms with van der Waals surface area (Å²) in [6.07, 6.45) is 0.637. The van der Waals surface area contributed by atoms with Gasteiger partial charge in [0.1, 0.15) is 11.6 Å². The molecule has 0 aliphatic rings. The maximum atomic E-state index is 13.1. The van der Waals surface area contributed by atoms with Crippen molar-refractivity contribution in [1.82, 2.24) is 5.16 Å². The van der Waals surface area contributed by atoms with E-state index in [0.29, 0.717) is 17.9 Å². The molecule has 0 saturated carbocycles. The van der Waals surface area contributed by atoms with Gasteiger partial charge >= 0.3 is 0 Å². The fourth-order valence-corrected chi connectivity index (χ4v) is 3.89. The van der Waals surface area contributed by atoms with Gasteiger partial charge in [-0.2, -0.15) is 0 Å². The van der Waals surface area contributed by atoms with Crippen molar-refractivity contribution in [3.63, 3.8) is 0 Å². The van der Waals surface area contributed by atoms with Crippen LogP contribution in [0.1, 0.15) is 23.4 Å². The Bertz CT molecular complexity index is 1110. The van der Waals surface area contributed by atoms with E-state index >= 15 is 0 Å². The summed E-state index contributed by atoms with van der Waals surface area (Å²) in [5.41, 5.74) is 2.15. The van der Waals surface area contributed by atoms with Crippen molar-refractivity contribution in [3.05, 3.63) is 71.4 Å². The van der Waals surface area contributed by atoms with Crippen LogP contribution in [0.15, 0.2) is 57.9 Å². The molecule has 0 aliphatic heterocycles. The Labute approximate surface area is 168 Å². The molecule has 9 heteroatoms. The molecule has 0 aliphatic carbocycles. The standard InChI is InChI=1S/C20H20FN3O4S/c1-13-17(14(2)28-23-13)11-12-20(25)22-18-5-3-4-6-19(18)24-29(26,27)16-9-7-15(21)8-10-16/h3-10,24H,11-12H2,1-2H3,(H,22,25). The first-order valence-corrected chi connectivity index (χ1v) is 10.3. The normalized spacial score (nSPS) is 11.3. The molecular weight excluding hydrogens is 397 g/mol. The Morgan fingerprint density at radius 1 is 1.07 bits per heavy atom. The number of nitrogens with one attached hydrogen (secondary N) is 2. The van der Waals surface area contributed by atoms with E-state index in [4.69, 9.17) is 4.52 Å². The van der Waals surface area contributed by atoms with Gasteiger partial charge < -0.3 is 9.84 Å². The van der Waals surface area contributed by atoms with Crippen LogP contribution in [-0.2, 0) is 21.2 Å². The van der Waals surface area contributed by atoms with E-state index in [1.807, 2.05) is 6.92 Å². The third kappa shape index (κ3) is 5.00. The van der Waals surface area contributed by atoms with Crippen LogP contribution >= 0.6 is 0 Å². The minimum atomic E-state index is -3.94. The van der Waals surface area contributed by atoms with E-state index in [1.54, 1.807) is 25.1 Å². The van der Waals surface area contributed by atoms with Gasteiger partial charge in [0.25, 0.3) is 10.0 Å². The van der Waals surface area contributed by atoms with Gasteiger partial charge in [-0.05, 0) is 56.7 Å².